The molecule has 0 bridgehead atoms. The maximum Gasteiger partial charge on any atom is 0.231 e. The second-order valence-corrected chi connectivity index (χ2v) is 4.91. The highest BCUT2D eigenvalue weighted by molar-refractivity contribution is 9.10. The number of ether oxygens (including phenoxy) is 3. The summed E-state index contributed by atoms with van der Waals surface area (Å²) in [4.78, 5) is 8.75. The van der Waals surface area contributed by atoms with Crippen molar-refractivity contribution < 1.29 is 14.2 Å². The van der Waals surface area contributed by atoms with Crippen molar-refractivity contribution in [3.05, 3.63) is 22.8 Å². The first kappa shape index (κ1) is 13.0. The number of benzene rings is 1. The molecule has 2 heterocycles. The van der Waals surface area contributed by atoms with Crippen LogP contribution in [0.1, 0.15) is 0 Å². The van der Waals surface area contributed by atoms with Gasteiger partial charge in [0.05, 0.1) is 11.6 Å². The van der Waals surface area contributed by atoms with Crippen LogP contribution in [0, 0.1) is 0 Å². The Morgan fingerprint density at radius 2 is 2.20 bits per heavy atom. The fraction of sp³-hybridized carbons (Fsp3) is 0.231. The zero-order valence-corrected chi connectivity index (χ0v) is 12.5. The highest BCUT2D eigenvalue weighted by Gasteiger charge is 2.21. The van der Waals surface area contributed by atoms with Gasteiger partial charge >= 0.3 is 0 Å². The standard InChI is InChI=1S/C13H12BrN3O3/c1-15-13-8(14)5-16-12(17-13)7-3-9(18-2)11-10(4-7)19-6-20-11/h3-5H,6H2,1-2H3,(H,15,16,17). The van der Waals surface area contributed by atoms with Gasteiger partial charge in [-0.3, -0.25) is 0 Å². The lowest BCUT2D eigenvalue weighted by Crippen LogP contribution is -1.98. The fourth-order valence-corrected chi connectivity index (χ4v) is 2.33. The average Bonchev–Trinajstić information content (AvgIpc) is 2.95. The molecule has 0 fully saturated rings. The van der Waals surface area contributed by atoms with Crippen molar-refractivity contribution in [2.24, 2.45) is 0 Å². The largest absolute Gasteiger partial charge is 0.493 e. The van der Waals surface area contributed by atoms with E-state index in [1.54, 1.807) is 20.4 Å². The van der Waals surface area contributed by atoms with E-state index < -0.39 is 0 Å². The number of hydrogen-bond acceptors (Lipinski definition) is 6. The number of halogens is 1. The minimum absolute atomic E-state index is 0.193. The molecule has 0 atom stereocenters. The van der Waals surface area contributed by atoms with Crippen molar-refractivity contribution in [3.63, 3.8) is 0 Å². The van der Waals surface area contributed by atoms with Crippen LogP contribution in [-0.2, 0) is 0 Å². The normalized spacial score (nSPS) is 12.3. The van der Waals surface area contributed by atoms with Gasteiger partial charge in [-0.25, -0.2) is 9.97 Å². The number of aromatic nitrogens is 2. The number of nitrogens with zero attached hydrogens (tertiary/aromatic N) is 2. The number of anilines is 1. The summed E-state index contributed by atoms with van der Waals surface area (Å²) >= 11 is 3.38. The Hall–Kier alpha value is -2.02. The smallest absolute Gasteiger partial charge is 0.231 e. The predicted octanol–water partition coefficient (Wildman–Crippen LogP) is 2.69. The van der Waals surface area contributed by atoms with Crippen LogP contribution in [0.2, 0.25) is 0 Å². The molecule has 20 heavy (non-hydrogen) atoms. The quantitative estimate of drug-likeness (QED) is 0.928. The molecule has 1 aliphatic rings. The molecule has 104 valence electrons. The van der Waals surface area contributed by atoms with Crippen LogP contribution in [-0.4, -0.2) is 30.9 Å². The first-order valence-electron chi connectivity index (χ1n) is 5.91. The molecule has 0 saturated carbocycles. The van der Waals surface area contributed by atoms with E-state index in [0.717, 1.165) is 10.0 Å². The van der Waals surface area contributed by atoms with Crippen molar-refractivity contribution in [2.45, 2.75) is 0 Å². The highest BCUT2D eigenvalue weighted by Crippen LogP contribution is 2.43. The van der Waals surface area contributed by atoms with Gasteiger partial charge in [-0.2, -0.15) is 0 Å². The lowest BCUT2D eigenvalue weighted by atomic mass is 10.1. The van der Waals surface area contributed by atoms with Gasteiger partial charge in [-0.15, -0.1) is 0 Å². The van der Waals surface area contributed by atoms with Crippen LogP contribution in [0.15, 0.2) is 22.8 Å². The lowest BCUT2D eigenvalue weighted by molar-refractivity contribution is 0.171. The zero-order chi connectivity index (χ0) is 14.1. The molecule has 0 amide bonds. The third kappa shape index (κ3) is 2.14. The Bertz CT molecular complexity index is 664. The lowest BCUT2D eigenvalue weighted by Gasteiger charge is -2.09. The average molecular weight is 338 g/mol. The van der Waals surface area contributed by atoms with Gasteiger partial charge in [-0.1, -0.05) is 0 Å². The number of methoxy groups -OCH3 is 1. The second kappa shape index (κ2) is 5.16. The summed E-state index contributed by atoms with van der Waals surface area (Å²) in [6, 6.07) is 3.67. The summed E-state index contributed by atoms with van der Waals surface area (Å²) in [6.45, 7) is 0.193. The van der Waals surface area contributed by atoms with Crippen LogP contribution in [0.3, 0.4) is 0 Å². The monoisotopic (exact) mass is 337 g/mol. The molecule has 1 aromatic heterocycles. The van der Waals surface area contributed by atoms with Gasteiger partial charge in [0.15, 0.2) is 17.3 Å². The van der Waals surface area contributed by atoms with Crippen molar-refractivity contribution in [1.29, 1.82) is 0 Å². The summed E-state index contributed by atoms with van der Waals surface area (Å²) in [5.74, 6) is 3.15. The maximum absolute atomic E-state index is 5.40. The molecule has 0 unspecified atom stereocenters. The number of rotatable bonds is 3. The van der Waals surface area contributed by atoms with Crippen LogP contribution in [0.4, 0.5) is 5.82 Å². The van der Waals surface area contributed by atoms with E-state index in [9.17, 15) is 0 Å². The summed E-state index contributed by atoms with van der Waals surface area (Å²) < 4.78 is 16.9. The van der Waals surface area contributed by atoms with Gasteiger partial charge in [0, 0.05) is 18.8 Å². The van der Waals surface area contributed by atoms with E-state index in [4.69, 9.17) is 14.2 Å². The van der Waals surface area contributed by atoms with Gasteiger partial charge in [-0.05, 0) is 28.1 Å². The summed E-state index contributed by atoms with van der Waals surface area (Å²) in [5, 5.41) is 3.00. The number of fused-ring (bicyclic) bond motifs is 1. The minimum atomic E-state index is 0.193. The Morgan fingerprint density at radius 1 is 1.35 bits per heavy atom. The molecule has 3 rings (SSSR count). The SMILES string of the molecule is CNc1nc(-c2cc(OC)c3c(c2)OCO3)ncc1Br. The molecule has 0 saturated heterocycles. The molecular weight excluding hydrogens is 326 g/mol. The van der Waals surface area contributed by atoms with Gasteiger partial charge in [0.2, 0.25) is 12.5 Å². The van der Waals surface area contributed by atoms with Crippen LogP contribution < -0.4 is 19.5 Å². The Balaban J connectivity index is 2.10. The predicted molar refractivity (Wildman–Crippen MR) is 77.4 cm³/mol. The first-order chi connectivity index (χ1) is 9.72. The van der Waals surface area contributed by atoms with Gasteiger partial charge in [0.1, 0.15) is 5.82 Å². The molecule has 1 N–H and O–H groups in total. The van der Waals surface area contributed by atoms with E-state index in [0.29, 0.717) is 28.9 Å². The topological polar surface area (TPSA) is 65.5 Å². The number of nitrogens with one attached hydrogen (secondary N) is 1. The molecule has 7 heteroatoms. The maximum atomic E-state index is 5.40. The van der Waals surface area contributed by atoms with Crippen LogP contribution in [0.5, 0.6) is 17.2 Å². The molecular formula is C13H12BrN3O3. The van der Waals surface area contributed by atoms with Crippen molar-refractivity contribution >= 4 is 21.7 Å². The van der Waals surface area contributed by atoms with E-state index in [-0.39, 0.29) is 6.79 Å². The molecule has 0 radical (unpaired) electrons. The fourth-order valence-electron chi connectivity index (χ4n) is 1.94. The summed E-state index contributed by atoms with van der Waals surface area (Å²) in [5.41, 5.74) is 0.801. The molecule has 6 nitrogen and oxygen atoms in total. The van der Waals surface area contributed by atoms with E-state index >= 15 is 0 Å². The Morgan fingerprint density at radius 3 is 2.95 bits per heavy atom. The molecule has 0 spiro atoms. The molecule has 0 aliphatic carbocycles. The molecule has 1 aliphatic heterocycles. The third-order valence-corrected chi connectivity index (χ3v) is 3.48. The summed E-state index contributed by atoms with van der Waals surface area (Å²) in [6.07, 6.45) is 1.70. The molecule has 1 aromatic carbocycles. The second-order valence-electron chi connectivity index (χ2n) is 4.05. The van der Waals surface area contributed by atoms with Crippen LogP contribution >= 0.6 is 15.9 Å². The number of hydrogen-bond donors (Lipinski definition) is 1. The summed E-state index contributed by atoms with van der Waals surface area (Å²) in [7, 11) is 3.39. The minimum Gasteiger partial charge on any atom is -0.493 e. The van der Waals surface area contributed by atoms with E-state index in [1.165, 1.54) is 0 Å². The van der Waals surface area contributed by atoms with Crippen molar-refractivity contribution in [2.75, 3.05) is 26.3 Å². The third-order valence-electron chi connectivity index (χ3n) is 2.90. The van der Waals surface area contributed by atoms with Gasteiger partial charge < -0.3 is 19.5 Å². The van der Waals surface area contributed by atoms with E-state index in [1.807, 2.05) is 12.1 Å². The van der Waals surface area contributed by atoms with E-state index in [2.05, 4.69) is 31.2 Å². The van der Waals surface area contributed by atoms with Crippen LogP contribution in [0.25, 0.3) is 11.4 Å². The first-order valence-corrected chi connectivity index (χ1v) is 6.70. The van der Waals surface area contributed by atoms with Crippen molar-refractivity contribution in [1.82, 2.24) is 9.97 Å². The van der Waals surface area contributed by atoms with Crippen molar-refractivity contribution in [3.8, 4) is 28.6 Å². The highest BCUT2D eigenvalue weighted by atomic mass is 79.9. The molecule has 2 aromatic rings. The Labute approximate surface area is 124 Å². The van der Waals surface area contributed by atoms with Gasteiger partial charge in [0.25, 0.3) is 0 Å². The Kier molecular flexibility index (Phi) is 3.35. The zero-order valence-electron chi connectivity index (χ0n) is 10.9.